The molecule has 1 aromatic carbocycles. The first-order valence-corrected chi connectivity index (χ1v) is 8.07. The maximum Gasteiger partial charge on any atom is 0.241 e. The molecule has 0 amide bonds. The fourth-order valence-corrected chi connectivity index (χ4v) is 3.17. The molecule has 0 aliphatic heterocycles. The number of nitrogens with one attached hydrogen (secondary N) is 1. The zero-order chi connectivity index (χ0) is 15.6. The van der Waals surface area contributed by atoms with Crippen LogP contribution in [0.25, 0.3) is 0 Å². The number of rotatable bonds is 5. The van der Waals surface area contributed by atoms with E-state index in [1.807, 2.05) is 0 Å². The Balaban J connectivity index is 2.19. The average Bonchev–Trinajstić information content (AvgIpc) is 2.82. The summed E-state index contributed by atoms with van der Waals surface area (Å²) in [5, 5.41) is 0.178. The Kier molecular flexibility index (Phi) is 4.62. The van der Waals surface area contributed by atoms with Crippen LogP contribution in [0.2, 0.25) is 5.02 Å². The molecular formula is C12H12ClN3O3S2. The van der Waals surface area contributed by atoms with Crippen molar-refractivity contribution in [2.75, 3.05) is 0 Å². The van der Waals surface area contributed by atoms with Gasteiger partial charge in [-0.25, -0.2) is 18.1 Å². The van der Waals surface area contributed by atoms with Crippen molar-refractivity contribution in [2.45, 2.75) is 18.4 Å². The predicted molar refractivity (Wildman–Crippen MR) is 82.6 cm³/mol. The van der Waals surface area contributed by atoms with E-state index in [0.29, 0.717) is 11.3 Å². The van der Waals surface area contributed by atoms with E-state index in [4.69, 9.17) is 34.0 Å². The highest BCUT2D eigenvalue weighted by atomic mass is 35.5. The molecule has 9 heteroatoms. The summed E-state index contributed by atoms with van der Waals surface area (Å²) in [5.41, 5.74) is 5.90. The van der Waals surface area contributed by atoms with E-state index in [2.05, 4.69) is 9.71 Å². The second-order valence-corrected chi connectivity index (χ2v) is 6.81. The van der Waals surface area contributed by atoms with Gasteiger partial charge in [0.25, 0.3) is 0 Å². The summed E-state index contributed by atoms with van der Waals surface area (Å²) in [7, 11) is -3.73. The summed E-state index contributed by atoms with van der Waals surface area (Å²) in [6, 6.07) is 4.14. The van der Waals surface area contributed by atoms with Crippen molar-refractivity contribution in [3.05, 3.63) is 46.6 Å². The fourth-order valence-electron chi connectivity index (χ4n) is 1.59. The van der Waals surface area contributed by atoms with Gasteiger partial charge in [0.1, 0.15) is 10.7 Å². The lowest BCUT2D eigenvalue weighted by Gasteiger charge is -2.07. The molecule has 0 aliphatic carbocycles. The first kappa shape index (κ1) is 15.9. The minimum absolute atomic E-state index is 0.00998. The van der Waals surface area contributed by atoms with Gasteiger partial charge in [0.2, 0.25) is 15.9 Å². The van der Waals surface area contributed by atoms with Gasteiger partial charge < -0.3 is 10.2 Å². The standard InChI is InChI=1S/C12H12ClN3O3S2/c1-7-5-15-11(19-7)6-16-21(17,18)8-2-3-9(12(14)20)10(13)4-8/h2-5,16H,6H2,1H3,(H2,14,20). The lowest BCUT2D eigenvalue weighted by molar-refractivity contribution is 0.463. The quantitative estimate of drug-likeness (QED) is 0.801. The first-order valence-electron chi connectivity index (χ1n) is 5.80. The highest BCUT2D eigenvalue weighted by Gasteiger charge is 2.17. The number of nitrogens with two attached hydrogens (primary N) is 1. The number of hydrogen-bond acceptors (Lipinski definition) is 5. The van der Waals surface area contributed by atoms with Crippen LogP contribution in [0.1, 0.15) is 17.2 Å². The molecule has 0 radical (unpaired) electrons. The molecule has 0 fully saturated rings. The molecule has 0 aliphatic rings. The first-order chi connectivity index (χ1) is 9.79. The summed E-state index contributed by atoms with van der Waals surface area (Å²) in [5.74, 6) is 0.884. The van der Waals surface area contributed by atoms with E-state index >= 15 is 0 Å². The molecule has 2 rings (SSSR count). The molecule has 3 N–H and O–H groups in total. The van der Waals surface area contributed by atoms with Crippen LogP contribution in [-0.2, 0) is 16.6 Å². The molecule has 0 saturated heterocycles. The van der Waals surface area contributed by atoms with Gasteiger partial charge in [-0.15, -0.1) is 0 Å². The van der Waals surface area contributed by atoms with Gasteiger partial charge in [-0.2, -0.15) is 0 Å². The highest BCUT2D eigenvalue weighted by molar-refractivity contribution is 7.89. The van der Waals surface area contributed by atoms with Gasteiger partial charge >= 0.3 is 0 Å². The molecule has 0 bridgehead atoms. The molecule has 0 spiro atoms. The van der Waals surface area contributed by atoms with Gasteiger partial charge in [0.15, 0.2) is 0 Å². The van der Waals surface area contributed by atoms with Crippen LogP contribution in [0.3, 0.4) is 0 Å². The van der Waals surface area contributed by atoms with Crippen molar-refractivity contribution in [2.24, 2.45) is 5.73 Å². The minimum atomic E-state index is -3.73. The van der Waals surface area contributed by atoms with E-state index in [1.54, 1.807) is 6.92 Å². The Morgan fingerprint density at radius 2 is 2.24 bits per heavy atom. The second-order valence-electron chi connectivity index (χ2n) is 4.20. The lowest BCUT2D eigenvalue weighted by atomic mass is 10.2. The van der Waals surface area contributed by atoms with Crippen LogP contribution in [0.15, 0.2) is 33.7 Å². The van der Waals surface area contributed by atoms with Crippen molar-refractivity contribution in [3.8, 4) is 0 Å². The number of halogens is 1. The van der Waals surface area contributed by atoms with Crippen LogP contribution < -0.4 is 10.5 Å². The molecular weight excluding hydrogens is 334 g/mol. The molecule has 0 atom stereocenters. The number of hydrogen-bond donors (Lipinski definition) is 2. The summed E-state index contributed by atoms with van der Waals surface area (Å²) in [6.45, 7) is 1.67. The van der Waals surface area contributed by atoms with Crippen LogP contribution in [0.4, 0.5) is 0 Å². The molecule has 0 saturated carbocycles. The maximum atomic E-state index is 12.1. The monoisotopic (exact) mass is 345 g/mol. The summed E-state index contributed by atoms with van der Waals surface area (Å²) < 4.78 is 31.9. The van der Waals surface area contributed by atoms with Crippen LogP contribution in [-0.4, -0.2) is 18.4 Å². The third kappa shape index (κ3) is 3.79. The molecule has 112 valence electrons. The fraction of sp³-hybridized carbons (Fsp3) is 0.167. The SMILES string of the molecule is Cc1cnc(CNS(=O)(=O)c2ccc(C(N)=S)c(Cl)c2)o1. The minimum Gasteiger partial charge on any atom is -0.445 e. The van der Waals surface area contributed by atoms with Crippen molar-refractivity contribution < 1.29 is 12.8 Å². The Hall–Kier alpha value is -1.48. The average molecular weight is 346 g/mol. The molecule has 2 aromatic rings. The topological polar surface area (TPSA) is 98.2 Å². The van der Waals surface area contributed by atoms with Crippen molar-refractivity contribution in [1.82, 2.24) is 9.71 Å². The Morgan fingerprint density at radius 3 is 2.76 bits per heavy atom. The second kappa shape index (κ2) is 6.10. The molecule has 0 unspecified atom stereocenters. The largest absolute Gasteiger partial charge is 0.445 e. The van der Waals surface area contributed by atoms with E-state index in [1.165, 1.54) is 24.4 Å². The van der Waals surface area contributed by atoms with Crippen molar-refractivity contribution in [3.63, 3.8) is 0 Å². The molecule has 1 heterocycles. The Labute approximate surface area is 132 Å². The molecule has 6 nitrogen and oxygen atoms in total. The zero-order valence-corrected chi connectivity index (χ0v) is 13.3. The lowest BCUT2D eigenvalue weighted by Crippen LogP contribution is -2.23. The van der Waals surface area contributed by atoms with Gasteiger partial charge in [0, 0.05) is 5.56 Å². The smallest absolute Gasteiger partial charge is 0.241 e. The molecule has 21 heavy (non-hydrogen) atoms. The third-order valence-electron chi connectivity index (χ3n) is 2.60. The van der Waals surface area contributed by atoms with Gasteiger partial charge in [0.05, 0.1) is 22.7 Å². The van der Waals surface area contributed by atoms with Gasteiger partial charge in [-0.3, -0.25) is 0 Å². The third-order valence-corrected chi connectivity index (χ3v) is 4.53. The van der Waals surface area contributed by atoms with Crippen LogP contribution >= 0.6 is 23.8 Å². The van der Waals surface area contributed by atoms with E-state index in [-0.39, 0.29) is 27.3 Å². The zero-order valence-electron chi connectivity index (χ0n) is 11.0. The number of oxazole rings is 1. The predicted octanol–water partition coefficient (Wildman–Crippen LogP) is 1.75. The van der Waals surface area contributed by atoms with E-state index < -0.39 is 10.0 Å². The summed E-state index contributed by atoms with van der Waals surface area (Å²) >= 11 is 10.8. The summed E-state index contributed by atoms with van der Waals surface area (Å²) in [6.07, 6.45) is 1.51. The van der Waals surface area contributed by atoms with Crippen molar-refractivity contribution >= 4 is 38.8 Å². The summed E-state index contributed by atoms with van der Waals surface area (Å²) in [4.78, 5) is 4.03. The highest BCUT2D eigenvalue weighted by Crippen LogP contribution is 2.21. The number of nitrogens with zero attached hydrogens (tertiary/aromatic N) is 1. The van der Waals surface area contributed by atoms with Gasteiger partial charge in [-0.1, -0.05) is 23.8 Å². The number of aryl methyl sites for hydroxylation is 1. The van der Waals surface area contributed by atoms with Crippen LogP contribution in [0, 0.1) is 6.92 Å². The Morgan fingerprint density at radius 1 is 1.52 bits per heavy atom. The van der Waals surface area contributed by atoms with Gasteiger partial charge in [-0.05, 0) is 25.1 Å². The number of sulfonamides is 1. The van der Waals surface area contributed by atoms with Crippen LogP contribution in [0.5, 0.6) is 0 Å². The maximum absolute atomic E-state index is 12.1. The Bertz CT molecular complexity index is 787. The number of benzene rings is 1. The normalized spacial score (nSPS) is 11.5. The van der Waals surface area contributed by atoms with Crippen molar-refractivity contribution in [1.29, 1.82) is 0 Å². The van der Waals surface area contributed by atoms with E-state index in [0.717, 1.165) is 0 Å². The number of thiocarbonyl (C=S) groups is 1. The number of aromatic nitrogens is 1. The van der Waals surface area contributed by atoms with E-state index in [9.17, 15) is 8.42 Å². The molecule has 1 aromatic heterocycles.